The molecule has 0 aliphatic carbocycles. The first-order valence-electron chi connectivity index (χ1n) is 15.6. The number of carbonyl (C=O) groups excluding carboxylic acids is 2. The van der Waals surface area contributed by atoms with Crippen molar-refractivity contribution in [2.24, 2.45) is 5.92 Å². The molecule has 1 fully saturated rings. The van der Waals surface area contributed by atoms with Gasteiger partial charge in [0.25, 0.3) is 0 Å². The Bertz CT molecular complexity index is 1730. The number of ketones is 1. The van der Waals surface area contributed by atoms with Crippen LogP contribution in [0.2, 0.25) is 5.02 Å². The number of halogens is 1. The van der Waals surface area contributed by atoms with E-state index in [1.165, 1.54) is 0 Å². The summed E-state index contributed by atoms with van der Waals surface area (Å²) in [6, 6.07) is 43.9. The monoisotopic (exact) mass is 612 g/mol. The molecule has 5 aromatic rings. The Morgan fingerprint density at radius 3 is 1.98 bits per heavy atom. The Morgan fingerprint density at radius 1 is 0.689 bits per heavy atom. The van der Waals surface area contributed by atoms with E-state index in [0.29, 0.717) is 23.6 Å². The van der Waals surface area contributed by atoms with E-state index in [1.54, 1.807) is 0 Å². The SMILES string of the molecule is O=C(Cc1ccc(N2CCC(C(C(=O)NCc3ccccc3)c3ccccc3)CC2)cc1)c1ccccc1-c1ccccc1Cl. The molecule has 45 heavy (non-hydrogen) atoms. The van der Waals surface area contributed by atoms with Gasteiger partial charge in [-0.2, -0.15) is 0 Å². The van der Waals surface area contributed by atoms with Crippen LogP contribution in [-0.2, 0) is 17.8 Å². The van der Waals surface area contributed by atoms with Crippen LogP contribution in [0.5, 0.6) is 0 Å². The zero-order valence-corrected chi connectivity index (χ0v) is 26.0. The summed E-state index contributed by atoms with van der Waals surface area (Å²) in [5.74, 6) is 0.235. The number of benzene rings is 5. The average Bonchev–Trinajstić information content (AvgIpc) is 3.09. The summed E-state index contributed by atoms with van der Waals surface area (Å²) in [4.78, 5) is 29.4. The van der Waals surface area contributed by atoms with Crippen LogP contribution >= 0.6 is 11.6 Å². The third-order valence-electron chi connectivity index (χ3n) is 8.82. The van der Waals surface area contributed by atoms with E-state index < -0.39 is 0 Å². The van der Waals surface area contributed by atoms with E-state index >= 15 is 0 Å². The molecule has 5 heteroatoms. The molecule has 0 aromatic heterocycles. The van der Waals surface area contributed by atoms with Crippen molar-refractivity contribution in [3.63, 3.8) is 0 Å². The second-order valence-corrected chi connectivity index (χ2v) is 12.1. The van der Waals surface area contributed by atoms with Crippen LogP contribution in [0.15, 0.2) is 133 Å². The van der Waals surface area contributed by atoms with Crippen LogP contribution in [0.4, 0.5) is 5.69 Å². The van der Waals surface area contributed by atoms with Crippen molar-refractivity contribution in [3.05, 3.63) is 161 Å². The summed E-state index contributed by atoms with van der Waals surface area (Å²) in [7, 11) is 0. The van der Waals surface area contributed by atoms with Gasteiger partial charge in [-0.05, 0) is 59.2 Å². The Balaban J connectivity index is 1.09. The molecule has 1 unspecified atom stereocenters. The molecule has 1 N–H and O–H groups in total. The number of Topliss-reactive ketones (excluding diaryl/α,β-unsaturated/α-hetero) is 1. The normalized spacial score (nSPS) is 14.1. The number of nitrogens with one attached hydrogen (secondary N) is 1. The van der Waals surface area contributed by atoms with Crippen LogP contribution in [0.3, 0.4) is 0 Å². The van der Waals surface area contributed by atoms with Gasteiger partial charge < -0.3 is 10.2 Å². The molecular formula is C40H37ClN2O2. The van der Waals surface area contributed by atoms with E-state index in [0.717, 1.165) is 59.4 Å². The molecule has 1 saturated heterocycles. The van der Waals surface area contributed by atoms with Crippen molar-refractivity contribution < 1.29 is 9.59 Å². The topological polar surface area (TPSA) is 49.4 Å². The highest BCUT2D eigenvalue weighted by Crippen LogP contribution is 2.35. The number of hydrogen-bond acceptors (Lipinski definition) is 3. The Labute approximate surface area is 270 Å². The van der Waals surface area contributed by atoms with Gasteiger partial charge in [0.15, 0.2) is 5.78 Å². The van der Waals surface area contributed by atoms with Crippen LogP contribution in [0.25, 0.3) is 11.1 Å². The van der Waals surface area contributed by atoms with Gasteiger partial charge in [0.05, 0.1) is 5.92 Å². The molecule has 6 rings (SSSR count). The lowest BCUT2D eigenvalue weighted by Crippen LogP contribution is -2.40. The number of rotatable bonds is 10. The number of piperidine rings is 1. The predicted octanol–water partition coefficient (Wildman–Crippen LogP) is 8.75. The minimum atomic E-state index is -0.181. The number of nitrogens with zero attached hydrogens (tertiary/aromatic N) is 1. The van der Waals surface area contributed by atoms with Crippen molar-refractivity contribution >= 4 is 29.0 Å². The van der Waals surface area contributed by atoms with E-state index in [-0.39, 0.29) is 23.5 Å². The standard InChI is InChI=1S/C40H37ClN2O2/c41-37-18-10-9-16-35(37)34-15-7-8-17-36(34)38(44)27-29-19-21-33(22-20-29)43-25-23-32(24-26-43)39(31-13-5-2-6-14-31)40(45)42-28-30-11-3-1-4-12-30/h1-22,32,39H,23-28H2,(H,42,45). The van der Waals surface area contributed by atoms with Crippen LogP contribution < -0.4 is 10.2 Å². The number of anilines is 1. The minimum absolute atomic E-state index is 0.0663. The van der Waals surface area contributed by atoms with Crippen molar-refractivity contribution in [2.75, 3.05) is 18.0 Å². The minimum Gasteiger partial charge on any atom is -0.372 e. The van der Waals surface area contributed by atoms with Gasteiger partial charge >= 0.3 is 0 Å². The summed E-state index contributed by atoms with van der Waals surface area (Å²) < 4.78 is 0. The molecule has 0 saturated carbocycles. The molecule has 4 nitrogen and oxygen atoms in total. The fraction of sp³-hybridized carbons (Fsp3) is 0.200. The quantitative estimate of drug-likeness (QED) is 0.160. The van der Waals surface area contributed by atoms with Crippen LogP contribution in [-0.4, -0.2) is 24.8 Å². The lowest BCUT2D eigenvalue weighted by Gasteiger charge is -2.37. The maximum Gasteiger partial charge on any atom is 0.228 e. The molecule has 0 spiro atoms. The predicted molar refractivity (Wildman–Crippen MR) is 184 cm³/mol. The van der Waals surface area contributed by atoms with Crippen LogP contribution in [0, 0.1) is 5.92 Å². The van der Waals surface area contributed by atoms with Crippen LogP contribution in [0.1, 0.15) is 45.8 Å². The first kappa shape index (κ1) is 30.4. The molecule has 1 aliphatic rings. The van der Waals surface area contributed by atoms with Gasteiger partial charge in [-0.15, -0.1) is 0 Å². The zero-order valence-electron chi connectivity index (χ0n) is 25.2. The molecule has 0 bridgehead atoms. The Kier molecular flexibility index (Phi) is 9.72. The second kappa shape index (κ2) is 14.4. The maximum atomic E-state index is 13.6. The van der Waals surface area contributed by atoms with E-state index in [2.05, 4.69) is 46.6 Å². The number of carbonyl (C=O) groups is 2. The summed E-state index contributed by atoms with van der Waals surface area (Å²) in [5, 5.41) is 3.83. The highest BCUT2D eigenvalue weighted by atomic mass is 35.5. The van der Waals surface area contributed by atoms with E-state index in [1.807, 2.05) is 97.1 Å². The van der Waals surface area contributed by atoms with Gasteiger partial charge in [-0.1, -0.05) is 127 Å². The Morgan fingerprint density at radius 2 is 1.29 bits per heavy atom. The van der Waals surface area contributed by atoms with Crippen molar-refractivity contribution in [1.82, 2.24) is 5.32 Å². The van der Waals surface area contributed by atoms with E-state index in [4.69, 9.17) is 11.6 Å². The van der Waals surface area contributed by atoms with Gasteiger partial charge in [0, 0.05) is 47.9 Å². The fourth-order valence-corrected chi connectivity index (χ4v) is 6.67. The molecule has 5 aromatic carbocycles. The van der Waals surface area contributed by atoms with Gasteiger partial charge in [-0.25, -0.2) is 0 Å². The maximum absolute atomic E-state index is 13.6. The zero-order chi connectivity index (χ0) is 31.0. The van der Waals surface area contributed by atoms with Crippen molar-refractivity contribution in [2.45, 2.75) is 31.7 Å². The smallest absolute Gasteiger partial charge is 0.228 e. The van der Waals surface area contributed by atoms with Crippen molar-refractivity contribution in [1.29, 1.82) is 0 Å². The molecular weight excluding hydrogens is 576 g/mol. The summed E-state index contributed by atoms with van der Waals surface area (Å²) >= 11 is 6.46. The third kappa shape index (κ3) is 7.35. The second-order valence-electron chi connectivity index (χ2n) is 11.7. The first-order valence-corrected chi connectivity index (χ1v) is 16.0. The summed E-state index contributed by atoms with van der Waals surface area (Å²) in [6.07, 6.45) is 2.18. The highest BCUT2D eigenvalue weighted by molar-refractivity contribution is 6.33. The van der Waals surface area contributed by atoms with Gasteiger partial charge in [-0.3, -0.25) is 9.59 Å². The molecule has 1 amide bonds. The lowest BCUT2D eigenvalue weighted by atomic mass is 9.79. The fourth-order valence-electron chi connectivity index (χ4n) is 6.43. The lowest BCUT2D eigenvalue weighted by molar-refractivity contribution is -0.124. The molecule has 1 atom stereocenters. The third-order valence-corrected chi connectivity index (χ3v) is 9.15. The highest BCUT2D eigenvalue weighted by Gasteiger charge is 2.32. The summed E-state index contributed by atoms with van der Waals surface area (Å²) in [6.45, 7) is 2.29. The largest absolute Gasteiger partial charge is 0.372 e. The molecule has 0 radical (unpaired) electrons. The molecule has 1 heterocycles. The number of amides is 1. The first-order chi connectivity index (χ1) is 22.1. The Hall–Kier alpha value is -4.67. The van der Waals surface area contributed by atoms with Gasteiger partial charge in [0.2, 0.25) is 5.91 Å². The van der Waals surface area contributed by atoms with Gasteiger partial charge in [0.1, 0.15) is 0 Å². The average molecular weight is 613 g/mol. The molecule has 226 valence electrons. The number of hydrogen-bond donors (Lipinski definition) is 1. The summed E-state index contributed by atoms with van der Waals surface area (Å²) in [5.41, 5.74) is 6.70. The van der Waals surface area contributed by atoms with Crippen molar-refractivity contribution in [3.8, 4) is 11.1 Å². The molecule has 1 aliphatic heterocycles. The van der Waals surface area contributed by atoms with E-state index in [9.17, 15) is 9.59 Å².